The Bertz CT molecular complexity index is 3230. The average Bonchev–Trinajstić information content (AvgIpc) is 0.919. The first kappa shape index (κ1) is 132. The van der Waals surface area contributed by atoms with Crippen LogP contribution in [0, 0.1) is 17.3 Å². The van der Waals surface area contributed by atoms with Gasteiger partial charge in [-0.3, -0.25) is 0 Å². The van der Waals surface area contributed by atoms with Crippen molar-refractivity contribution in [1.82, 2.24) is 0 Å². The monoisotopic (exact) mass is 1830 g/mol. The molecule has 0 saturated carbocycles. The van der Waals surface area contributed by atoms with Crippen LogP contribution in [0.5, 0.6) is 0 Å². The Hall–Kier alpha value is -12.8. The van der Waals surface area contributed by atoms with Crippen molar-refractivity contribution in [2.75, 3.05) is 132 Å². The van der Waals surface area contributed by atoms with Crippen molar-refractivity contribution >= 4 is 95.5 Å². The molecule has 0 amide bonds. The van der Waals surface area contributed by atoms with E-state index in [1.165, 1.54) is 0 Å². The van der Waals surface area contributed by atoms with Crippen LogP contribution in [-0.4, -0.2) is 240 Å². The van der Waals surface area contributed by atoms with Gasteiger partial charge in [-0.2, -0.15) is 0 Å². The van der Waals surface area contributed by atoms with E-state index in [9.17, 15) is 76.7 Å². The van der Waals surface area contributed by atoms with Crippen LogP contribution in [0.1, 0.15) is 140 Å². The third-order valence-electron chi connectivity index (χ3n) is 14.0. The summed E-state index contributed by atoms with van der Waals surface area (Å²) in [5.41, 5.74) is 1.08. The second-order valence-corrected chi connectivity index (χ2v) is 26.9. The molecule has 2 unspecified atom stereocenters. The highest BCUT2D eigenvalue weighted by atomic mass is 16.6. The van der Waals surface area contributed by atoms with Gasteiger partial charge in [-0.05, 0) is 124 Å². The molecule has 0 aliphatic heterocycles. The van der Waals surface area contributed by atoms with Crippen molar-refractivity contribution in [1.29, 1.82) is 0 Å². The molecular weight excluding hydrogens is 1690 g/mol. The van der Waals surface area contributed by atoms with Crippen molar-refractivity contribution in [2.24, 2.45) is 17.3 Å². The van der Waals surface area contributed by atoms with E-state index < -0.39 is 77.0 Å². The van der Waals surface area contributed by atoms with Crippen LogP contribution < -0.4 is 0 Å². The SMILES string of the molecule is C=C(C)C(=O)OCCC(C)CCOC(=O)C(=C)C.C=C(C)C(=O)OCCOCCOC(=O)C(=C)C.C=CC(=O)OC(C)COCC(C)OC(=O)C=C.C=CC(=O)OCC(C)(C)COC(=O)C=C.C=CC(=O)OCCC(C)CCOC(=O)C=C.C=CC(=O)OCCCCCCOC(=O)C=C.C=CC(=O)OCCCCCOC(=O)C=C.C=CC(=O)OCCOCCOC(=O)C=C. The van der Waals surface area contributed by atoms with E-state index in [4.69, 9.17) is 80.5 Å². The molecule has 0 rings (SSSR count). The second-order valence-electron chi connectivity index (χ2n) is 26.9. The summed E-state index contributed by atoms with van der Waals surface area (Å²) in [4.78, 5) is 172. The number of hydrogen-bond donors (Lipinski definition) is 0. The zero-order valence-corrected chi connectivity index (χ0v) is 77.3. The number of carbonyl (C=O) groups excluding carboxylic acids is 16. The highest BCUT2D eigenvalue weighted by Gasteiger charge is 2.22. The molecule has 35 nitrogen and oxygen atoms in total. The summed E-state index contributed by atoms with van der Waals surface area (Å²) in [6.07, 6.45) is 21.4. The topological polar surface area (TPSA) is 448 Å². The number of unbranched alkanes of at least 4 members (excludes halogenated alkanes) is 5. The Kier molecular flexibility index (Phi) is 94.9. The third-order valence-corrected chi connectivity index (χ3v) is 14.0. The van der Waals surface area contributed by atoms with Gasteiger partial charge in [0.2, 0.25) is 0 Å². The van der Waals surface area contributed by atoms with E-state index in [1.807, 2.05) is 27.7 Å². The summed E-state index contributed by atoms with van der Waals surface area (Å²) in [6, 6.07) is 0. The van der Waals surface area contributed by atoms with Crippen LogP contribution in [0.4, 0.5) is 0 Å². The van der Waals surface area contributed by atoms with E-state index in [1.54, 1.807) is 41.5 Å². The molecule has 0 aromatic heterocycles. The van der Waals surface area contributed by atoms with Crippen LogP contribution in [-0.2, 0) is 167 Å². The van der Waals surface area contributed by atoms with Gasteiger partial charge in [0.15, 0.2) is 0 Å². The quantitative estimate of drug-likeness (QED) is 0.0236. The number of carbonyl (C=O) groups is 16. The predicted molar refractivity (Wildman–Crippen MR) is 482 cm³/mol. The summed E-state index contributed by atoms with van der Waals surface area (Å²) in [6.45, 7) is 76.1. The van der Waals surface area contributed by atoms with Crippen LogP contribution in [0.2, 0.25) is 0 Å². The van der Waals surface area contributed by atoms with Crippen molar-refractivity contribution in [2.45, 2.75) is 152 Å². The van der Waals surface area contributed by atoms with Crippen LogP contribution >= 0.6 is 0 Å². The van der Waals surface area contributed by atoms with Gasteiger partial charge in [0.1, 0.15) is 38.6 Å². The van der Waals surface area contributed by atoms with Gasteiger partial charge in [-0.25, -0.2) is 76.7 Å². The van der Waals surface area contributed by atoms with Gasteiger partial charge >= 0.3 is 95.5 Å². The fraction of sp³-hybridized carbons (Fsp3) is 0.489. The molecule has 0 radical (unpaired) electrons. The minimum atomic E-state index is -0.493. The van der Waals surface area contributed by atoms with E-state index in [-0.39, 0.29) is 115 Å². The minimum Gasteiger partial charge on any atom is -0.463 e. The van der Waals surface area contributed by atoms with Gasteiger partial charge in [0.25, 0.3) is 0 Å². The third kappa shape index (κ3) is 106. The molecule has 0 spiro atoms. The standard InChI is InChI=1S/C14H22O4.2C12H18O5.2C12H18O4.2C11H16O4.C10H14O5/c1-10(2)13(15)17-8-6-12(5)7-9-18-14(16)11(3)4;1-9(2)11(13)16-7-5-15-6-8-17-12(14)10(3)4;1-5-11(13)16-9(3)7-15-8-10(4)17-12(14)6-2;1-4-11(13)15-8-6-10(3)7-9-16-12(14)5-2;1-3-11(13)15-9-7-5-6-8-10-16-12(14)4-2;1-5-9(12)14-7-11(3,4)8-15-10(13)6-2;1-3-10(12)14-8-6-5-7-9-15-11(13)4-2;1-3-9(11)14-7-5-13-6-8-15-10(12)4-2/h12H,1,3,6-9H2,2,4-5H3;1,3,5-8H2,2,4H3;5-6,9-10H,1-2,7-8H2,3-4H3;4-5,10H,1-2,6-9H2,3H3;3-4H,1-2,5-10H2;5-6H,1-2,7-8H2,3-4H3;3-4H,1-2,5-9H2;3-4H,1-2,5-8H2. The molecule has 0 bridgehead atoms. The first-order valence-corrected chi connectivity index (χ1v) is 40.5. The lowest BCUT2D eigenvalue weighted by Gasteiger charge is -2.22. The number of esters is 16. The molecule has 0 aliphatic carbocycles. The maximum Gasteiger partial charge on any atom is 0.333 e. The fourth-order valence-corrected chi connectivity index (χ4v) is 6.96. The van der Waals surface area contributed by atoms with Crippen LogP contribution in [0.15, 0.2) is 200 Å². The Balaban J connectivity index is -0.000000216. The van der Waals surface area contributed by atoms with E-state index in [2.05, 4.69) is 115 Å². The van der Waals surface area contributed by atoms with Crippen molar-refractivity contribution in [3.63, 3.8) is 0 Å². The zero-order chi connectivity index (χ0) is 100. The summed E-state index contributed by atoms with van der Waals surface area (Å²) in [7, 11) is 0. The molecule has 0 heterocycles. The Morgan fingerprint density at radius 2 is 0.411 bits per heavy atom. The smallest absolute Gasteiger partial charge is 0.333 e. The maximum atomic E-state index is 11.1. The predicted octanol–water partition coefficient (Wildman–Crippen LogP) is 12.5. The van der Waals surface area contributed by atoms with Crippen molar-refractivity contribution < 1.29 is 167 Å². The molecule has 129 heavy (non-hydrogen) atoms. The molecule has 2 atom stereocenters. The lowest BCUT2D eigenvalue weighted by atomic mass is 9.96. The molecule has 0 fully saturated rings. The molecule has 0 aliphatic rings. The van der Waals surface area contributed by atoms with Gasteiger partial charge in [0, 0.05) is 101 Å². The largest absolute Gasteiger partial charge is 0.463 e. The highest BCUT2D eigenvalue weighted by molar-refractivity contribution is 5.89. The number of hydrogen-bond acceptors (Lipinski definition) is 35. The van der Waals surface area contributed by atoms with Crippen LogP contribution in [0.25, 0.3) is 0 Å². The average molecular weight is 1830 g/mol. The zero-order valence-electron chi connectivity index (χ0n) is 77.3. The summed E-state index contributed by atoms with van der Waals surface area (Å²) >= 11 is 0. The van der Waals surface area contributed by atoms with Crippen molar-refractivity contribution in [3.05, 3.63) is 200 Å². The Labute approximate surface area is 760 Å². The summed E-state index contributed by atoms with van der Waals surface area (Å²) < 4.78 is 92.3. The molecule has 35 heteroatoms. The van der Waals surface area contributed by atoms with Gasteiger partial charge in [0.05, 0.1) is 106 Å². The van der Waals surface area contributed by atoms with E-state index in [0.29, 0.717) is 87.0 Å². The van der Waals surface area contributed by atoms with Crippen molar-refractivity contribution in [3.8, 4) is 0 Å². The summed E-state index contributed by atoms with van der Waals surface area (Å²) in [5.74, 6) is -6.33. The molecule has 0 aromatic carbocycles. The van der Waals surface area contributed by atoms with Gasteiger partial charge in [-0.1, -0.05) is 133 Å². The number of ether oxygens (including phenoxy) is 19. The highest BCUT2D eigenvalue weighted by Crippen LogP contribution is 2.17. The molecule has 0 N–H and O–H groups in total. The van der Waals surface area contributed by atoms with Crippen LogP contribution in [0.3, 0.4) is 0 Å². The lowest BCUT2D eigenvalue weighted by molar-refractivity contribution is -0.149. The second kappa shape index (κ2) is 92.9. The van der Waals surface area contributed by atoms with E-state index >= 15 is 0 Å². The first-order valence-electron chi connectivity index (χ1n) is 40.5. The summed E-state index contributed by atoms with van der Waals surface area (Å²) in [5, 5.41) is 0. The molecule has 0 saturated heterocycles. The molecule has 0 aromatic rings. The Morgan fingerprint density at radius 1 is 0.233 bits per heavy atom. The maximum absolute atomic E-state index is 11.1. The van der Waals surface area contributed by atoms with Gasteiger partial charge in [-0.15, -0.1) is 0 Å². The first-order chi connectivity index (χ1) is 60.9. The molecule has 726 valence electrons. The Morgan fingerprint density at radius 3 is 0.628 bits per heavy atom. The normalized spacial score (nSPS) is 10.0. The molecular formula is C94H140O35. The van der Waals surface area contributed by atoms with E-state index in [0.717, 1.165) is 144 Å². The fourth-order valence-electron chi connectivity index (χ4n) is 6.96. The van der Waals surface area contributed by atoms with Gasteiger partial charge < -0.3 is 90.0 Å². The minimum absolute atomic E-state index is 0.153. The lowest BCUT2D eigenvalue weighted by Crippen LogP contribution is -2.27. The number of rotatable bonds is 63.